The third-order valence-electron chi connectivity index (χ3n) is 3.01. The zero-order valence-corrected chi connectivity index (χ0v) is 11.0. The Kier molecular flexibility index (Phi) is 3.99. The first-order chi connectivity index (χ1) is 9.11. The van der Waals surface area contributed by atoms with Gasteiger partial charge in [0.05, 0.1) is 11.9 Å². The molecular formula is C13H18N4O2. The second kappa shape index (κ2) is 5.69. The van der Waals surface area contributed by atoms with E-state index in [1.165, 1.54) is 0 Å². The van der Waals surface area contributed by atoms with Crippen LogP contribution in [0.15, 0.2) is 12.3 Å². The summed E-state index contributed by atoms with van der Waals surface area (Å²) in [6.07, 6.45) is 4.88. The maximum Gasteiger partial charge on any atom is 0.296 e. The molecule has 102 valence electrons. The lowest BCUT2D eigenvalue weighted by atomic mass is 10.2. The Balaban J connectivity index is 2.32. The molecule has 6 heteroatoms. The Morgan fingerprint density at radius 1 is 1.47 bits per heavy atom. The molecule has 19 heavy (non-hydrogen) atoms. The Hall–Kier alpha value is -2.11. The highest BCUT2D eigenvalue weighted by Crippen LogP contribution is 2.21. The number of fused-ring (bicyclic) bond motifs is 1. The number of aromatic hydroxyl groups is 1. The predicted molar refractivity (Wildman–Crippen MR) is 71.6 cm³/mol. The van der Waals surface area contributed by atoms with E-state index in [4.69, 9.17) is 5.73 Å². The summed E-state index contributed by atoms with van der Waals surface area (Å²) in [7, 11) is 0. The molecule has 2 rings (SSSR count). The summed E-state index contributed by atoms with van der Waals surface area (Å²) in [6.45, 7) is 2.82. The van der Waals surface area contributed by atoms with E-state index in [1.54, 1.807) is 10.8 Å². The van der Waals surface area contributed by atoms with Crippen LogP contribution in [0.1, 0.15) is 31.7 Å². The van der Waals surface area contributed by atoms with Crippen LogP contribution in [0.4, 0.5) is 0 Å². The van der Waals surface area contributed by atoms with Crippen molar-refractivity contribution in [1.82, 2.24) is 14.5 Å². The molecular weight excluding hydrogens is 244 g/mol. The molecule has 0 spiro atoms. The first-order valence-electron chi connectivity index (χ1n) is 6.44. The van der Waals surface area contributed by atoms with Crippen LogP contribution in [-0.2, 0) is 17.8 Å². The molecule has 0 radical (unpaired) electrons. The summed E-state index contributed by atoms with van der Waals surface area (Å²) in [5.74, 6) is -0.401. The number of carbonyl (C=O) groups is 1. The average Bonchev–Trinajstić information content (AvgIpc) is 2.65. The number of carbonyl (C=O) groups excluding carboxylic acids is 1. The highest BCUT2D eigenvalue weighted by molar-refractivity contribution is 5.79. The van der Waals surface area contributed by atoms with Gasteiger partial charge in [-0.25, -0.2) is 4.98 Å². The zero-order valence-electron chi connectivity index (χ0n) is 11.0. The van der Waals surface area contributed by atoms with E-state index in [0.29, 0.717) is 12.2 Å². The predicted octanol–water partition coefficient (Wildman–Crippen LogP) is 1.35. The van der Waals surface area contributed by atoms with Crippen molar-refractivity contribution in [2.24, 2.45) is 5.73 Å². The average molecular weight is 262 g/mol. The van der Waals surface area contributed by atoms with Crippen LogP contribution in [0, 0.1) is 0 Å². The third-order valence-corrected chi connectivity index (χ3v) is 3.01. The molecule has 0 atom stereocenters. The molecule has 0 saturated carbocycles. The number of amides is 1. The highest BCUT2D eigenvalue weighted by Gasteiger charge is 2.11. The fraction of sp³-hybridized carbons (Fsp3) is 0.462. The van der Waals surface area contributed by atoms with Crippen molar-refractivity contribution in [3.8, 4) is 6.01 Å². The maximum absolute atomic E-state index is 10.9. The number of aryl methyl sites for hydroxylation is 1. The SMILES string of the molecule is CCCCCn1c(O)nc2ncc(CC(N)=O)cc21. The van der Waals surface area contributed by atoms with Crippen LogP contribution in [0.25, 0.3) is 11.2 Å². The van der Waals surface area contributed by atoms with E-state index in [0.717, 1.165) is 30.3 Å². The quantitative estimate of drug-likeness (QED) is 0.768. The number of imidazole rings is 1. The molecule has 2 aromatic heterocycles. The molecule has 0 saturated heterocycles. The molecule has 0 aliphatic rings. The lowest BCUT2D eigenvalue weighted by Crippen LogP contribution is -2.13. The van der Waals surface area contributed by atoms with Crippen molar-refractivity contribution in [3.05, 3.63) is 17.8 Å². The Labute approximate surface area is 111 Å². The smallest absolute Gasteiger partial charge is 0.296 e. The minimum atomic E-state index is -0.401. The summed E-state index contributed by atoms with van der Waals surface area (Å²) < 4.78 is 1.72. The van der Waals surface area contributed by atoms with Gasteiger partial charge in [0, 0.05) is 12.7 Å². The number of unbranched alkanes of at least 4 members (excludes halogenated alkanes) is 2. The van der Waals surface area contributed by atoms with Gasteiger partial charge in [-0.05, 0) is 18.1 Å². The molecule has 0 aliphatic heterocycles. The Morgan fingerprint density at radius 3 is 2.95 bits per heavy atom. The number of nitrogens with zero attached hydrogens (tertiary/aromatic N) is 3. The van der Waals surface area contributed by atoms with Crippen molar-refractivity contribution in [2.75, 3.05) is 0 Å². The summed E-state index contributed by atoms with van der Waals surface area (Å²) in [5, 5.41) is 9.83. The van der Waals surface area contributed by atoms with Gasteiger partial charge < -0.3 is 10.8 Å². The largest absolute Gasteiger partial charge is 0.480 e. The summed E-state index contributed by atoms with van der Waals surface area (Å²) in [4.78, 5) is 19.1. The normalized spacial score (nSPS) is 11.0. The molecule has 0 aliphatic carbocycles. The number of hydrogen-bond donors (Lipinski definition) is 2. The lowest BCUT2D eigenvalue weighted by Gasteiger charge is -2.05. The van der Waals surface area contributed by atoms with Crippen molar-refractivity contribution < 1.29 is 9.90 Å². The molecule has 1 amide bonds. The van der Waals surface area contributed by atoms with E-state index in [9.17, 15) is 9.90 Å². The van der Waals surface area contributed by atoms with Gasteiger partial charge in [0.25, 0.3) is 6.01 Å². The topological polar surface area (TPSA) is 94.0 Å². The Morgan fingerprint density at radius 2 is 2.26 bits per heavy atom. The number of primary amides is 1. The van der Waals surface area contributed by atoms with Crippen LogP contribution >= 0.6 is 0 Å². The molecule has 0 aromatic carbocycles. The number of hydrogen-bond acceptors (Lipinski definition) is 4. The summed E-state index contributed by atoms with van der Waals surface area (Å²) >= 11 is 0. The lowest BCUT2D eigenvalue weighted by molar-refractivity contribution is -0.117. The van der Waals surface area contributed by atoms with Crippen LogP contribution in [0.3, 0.4) is 0 Å². The third kappa shape index (κ3) is 3.01. The van der Waals surface area contributed by atoms with Crippen LogP contribution < -0.4 is 5.73 Å². The Bertz CT molecular complexity index is 592. The highest BCUT2D eigenvalue weighted by atomic mass is 16.3. The van der Waals surface area contributed by atoms with Crippen molar-refractivity contribution in [3.63, 3.8) is 0 Å². The molecule has 2 aromatic rings. The standard InChI is InChI=1S/C13H18N4O2/c1-2-3-4-5-17-10-6-9(7-11(14)18)8-15-12(10)16-13(17)19/h6,8H,2-5,7H2,1H3,(H2,14,18)(H,15,16,19). The van der Waals surface area contributed by atoms with Crippen LogP contribution in [-0.4, -0.2) is 25.5 Å². The van der Waals surface area contributed by atoms with Crippen molar-refractivity contribution in [2.45, 2.75) is 39.2 Å². The molecule has 3 N–H and O–H groups in total. The first-order valence-corrected chi connectivity index (χ1v) is 6.44. The van der Waals surface area contributed by atoms with Gasteiger partial charge in [-0.15, -0.1) is 0 Å². The van der Waals surface area contributed by atoms with Gasteiger partial charge in [0.2, 0.25) is 5.91 Å². The van der Waals surface area contributed by atoms with Gasteiger partial charge in [-0.3, -0.25) is 9.36 Å². The zero-order chi connectivity index (χ0) is 13.8. The fourth-order valence-corrected chi connectivity index (χ4v) is 2.07. The number of pyridine rings is 1. The molecule has 6 nitrogen and oxygen atoms in total. The molecule has 0 unspecified atom stereocenters. The van der Waals surface area contributed by atoms with Gasteiger partial charge in [-0.2, -0.15) is 4.98 Å². The second-order valence-electron chi connectivity index (χ2n) is 4.60. The van der Waals surface area contributed by atoms with Gasteiger partial charge in [-0.1, -0.05) is 19.8 Å². The van der Waals surface area contributed by atoms with Gasteiger partial charge in [0.15, 0.2) is 5.65 Å². The summed E-state index contributed by atoms with van der Waals surface area (Å²) in [6, 6.07) is 1.78. The molecule has 2 heterocycles. The number of rotatable bonds is 6. The number of aromatic nitrogens is 3. The van der Waals surface area contributed by atoms with E-state index in [1.807, 2.05) is 6.07 Å². The first kappa shape index (κ1) is 13.3. The van der Waals surface area contributed by atoms with Crippen molar-refractivity contribution in [1.29, 1.82) is 0 Å². The molecule has 0 bridgehead atoms. The van der Waals surface area contributed by atoms with Gasteiger partial charge in [0.1, 0.15) is 0 Å². The van der Waals surface area contributed by atoms with Gasteiger partial charge >= 0.3 is 0 Å². The molecule has 0 fully saturated rings. The maximum atomic E-state index is 10.9. The van der Waals surface area contributed by atoms with Crippen LogP contribution in [0.2, 0.25) is 0 Å². The second-order valence-corrected chi connectivity index (χ2v) is 4.60. The van der Waals surface area contributed by atoms with E-state index in [2.05, 4.69) is 16.9 Å². The fourth-order valence-electron chi connectivity index (χ4n) is 2.07. The minimum Gasteiger partial charge on any atom is -0.480 e. The monoisotopic (exact) mass is 262 g/mol. The van der Waals surface area contributed by atoms with E-state index >= 15 is 0 Å². The number of nitrogens with two attached hydrogens (primary N) is 1. The minimum absolute atomic E-state index is 0.0326. The van der Waals surface area contributed by atoms with E-state index in [-0.39, 0.29) is 12.4 Å². The van der Waals surface area contributed by atoms with Crippen molar-refractivity contribution >= 4 is 17.1 Å². The van der Waals surface area contributed by atoms with Crippen LogP contribution in [0.5, 0.6) is 6.01 Å². The summed E-state index contributed by atoms with van der Waals surface area (Å²) in [5.41, 5.74) is 7.14. The van der Waals surface area contributed by atoms with E-state index < -0.39 is 5.91 Å².